The molecule has 1 unspecified atom stereocenters. The van der Waals surface area contributed by atoms with Crippen LogP contribution in [0.25, 0.3) is 0 Å². The van der Waals surface area contributed by atoms with Crippen LogP contribution in [0.2, 0.25) is 0 Å². The monoisotopic (exact) mass is 204 g/mol. The molecule has 76 valence electrons. The van der Waals surface area contributed by atoms with Crippen molar-refractivity contribution >= 4 is 11.6 Å². The number of aliphatic hydroxyl groups is 1. The number of nitriles is 1. The summed E-state index contributed by atoms with van der Waals surface area (Å²) in [5.74, 6) is 0. The summed E-state index contributed by atoms with van der Waals surface area (Å²) in [6.45, 7) is 1.81. The minimum absolute atomic E-state index is 0.264. The quantitative estimate of drug-likeness (QED) is 0.501. The molecule has 1 atom stereocenters. The van der Waals surface area contributed by atoms with Crippen molar-refractivity contribution in [2.75, 3.05) is 26.7 Å². The smallest absolute Gasteiger partial charge is 0.133 e. The summed E-state index contributed by atoms with van der Waals surface area (Å²) in [7, 11) is 1.95. The largest absolute Gasteiger partial charge is 0.396 e. The summed E-state index contributed by atoms with van der Waals surface area (Å²) in [4.78, 5) is 2.04. The Morgan fingerprint density at radius 3 is 2.69 bits per heavy atom. The van der Waals surface area contributed by atoms with Crippen LogP contribution >= 0.6 is 11.6 Å². The van der Waals surface area contributed by atoms with E-state index in [4.69, 9.17) is 22.0 Å². The topological polar surface area (TPSA) is 47.3 Å². The number of rotatable bonds is 7. The van der Waals surface area contributed by atoms with Crippen molar-refractivity contribution in [3.05, 3.63) is 0 Å². The van der Waals surface area contributed by atoms with E-state index in [1.54, 1.807) is 0 Å². The first-order valence-corrected chi connectivity index (χ1v) is 4.97. The highest BCUT2D eigenvalue weighted by molar-refractivity contribution is 6.22. The number of hydrogen-bond donors (Lipinski definition) is 1. The lowest BCUT2D eigenvalue weighted by atomic mass is 10.2. The molecule has 0 radical (unpaired) electrons. The van der Waals surface area contributed by atoms with E-state index in [0.717, 1.165) is 25.8 Å². The van der Waals surface area contributed by atoms with Crippen molar-refractivity contribution in [1.82, 2.24) is 4.90 Å². The molecule has 1 N–H and O–H groups in total. The molecule has 0 aromatic carbocycles. The van der Waals surface area contributed by atoms with Gasteiger partial charge in [0.05, 0.1) is 6.07 Å². The number of alkyl halides is 1. The summed E-state index contributed by atoms with van der Waals surface area (Å²) >= 11 is 5.66. The molecule has 0 aromatic rings. The van der Waals surface area contributed by atoms with Crippen molar-refractivity contribution in [1.29, 1.82) is 5.26 Å². The number of nitrogens with zero attached hydrogens (tertiary/aromatic N) is 2. The Morgan fingerprint density at radius 1 is 1.46 bits per heavy atom. The molecule has 0 heterocycles. The maximum atomic E-state index is 8.54. The van der Waals surface area contributed by atoms with Gasteiger partial charge in [-0.2, -0.15) is 5.26 Å². The van der Waals surface area contributed by atoms with Crippen molar-refractivity contribution < 1.29 is 5.11 Å². The summed E-state index contributed by atoms with van der Waals surface area (Å²) < 4.78 is 0. The Bertz CT molecular complexity index is 158. The highest BCUT2D eigenvalue weighted by Gasteiger charge is 2.05. The lowest BCUT2D eigenvalue weighted by Gasteiger charge is -2.16. The van der Waals surface area contributed by atoms with E-state index in [0.29, 0.717) is 6.54 Å². The van der Waals surface area contributed by atoms with Crippen LogP contribution in [0.1, 0.15) is 19.3 Å². The molecule has 0 aromatic heterocycles. The minimum atomic E-state index is -0.414. The number of unbranched alkanes of at least 4 members (excludes halogenated alkanes) is 2. The van der Waals surface area contributed by atoms with Crippen LogP contribution in [-0.4, -0.2) is 42.1 Å². The van der Waals surface area contributed by atoms with Gasteiger partial charge in [0.15, 0.2) is 0 Å². The molecule has 0 aliphatic rings. The fourth-order valence-corrected chi connectivity index (χ4v) is 1.31. The molecular weight excluding hydrogens is 188 g/mol. The van der Waals surface area contributed by atoms with Crippen LogP contribution in [-0.2, 0) is 0 Å². The maximum Gasteiger partial charge on any atom is 0.133 e. The lowest BCUT2D eigenvalue weighted by Crippen LogP contribution is -2.26. The molecule has 0 rings (SSSR count). The van der Waals surface area contributed by atoms with E-state index >= 15 is 0 Å². The van der Waals surface area contributed by atoms with Gasteiger partial charge >= 0.3 is 0 Å². The molecule has 0 aliphatic carbocycles. The highest BCUT2D eigenvalue weighted by atomic mass is 35.5. The van der Waals surface area contributed by atoms with Gasteiger partial charge in [-0.1, -0.05) is 0 Å². The normalized spacial score (nSPS) is 12.8. The first-order valence-electron chi connectivity index (χ1n) is 4.53. The summed E-state index contributed by atoms with van der Waals surface area (Å²) in [6.07, 6.45) is 2.93. The molecule has 0 aliphatic heterocycles. The average molecular weight is 205 g/mol. The summed E-state index contributed by atoms with van der Waals surface area (Å²) in [6, 6.07) is 1.98. The van der Waals surface area contributed by atoms with Crippen LogP contribution in [0.4, 0.5) is 0 Å². The Kier molecular flexibility index (Phi) is 8.11. The average Bonchev–Trinajstić information content (AvgIpc) is 2.12. The molecule has 0 bridgehead atoms. The summed E-state index contributed by atoms with van der Waals surface area (Å²) in [5, 5.41) is 16.6. The van der Waals surface area contributed by atoms with Gasteiger partial charge in [0, 0.05) is 13.2 Å². The predicted molar refractivity (Wildman–Crippen MR) is 53.7 cm³/mol. The van der Waals surface area contributed by atoms with E-state index in [-0.39, 0.29) is 6.61 Å². The van der Waals surface area contributed by atoms with Crippen molar-refractivity contribution in [3.63, 3.8) is 0 Å². The Hall–Kier alpha value is -0.300. The third-order valence-corrected chi connectivity index (χ3v) is 2.05. The Labute approximate surface area is 84.9 Å². The van der Waals surface area contributed by atoms with Crippen LogP contribution in [0.15, 0.2) is 0 Å². The van der Waals surface area contributed by atoms with Crippen molar-refractivity contribution in [2.24, 2.45) is 0 Å². The molecule has 4 heteroatoms. The third kappa shape index (κ3) is 8.04. The zero-order valence-corrected chi connectivity index (χ0v) is 8.80. The fraction of sp³-hybridized carbons (Fsp3) is 0.889. The number of aliphatic hydroxyl groups excluding tert-OH is 1. The molecule has 0 saturated heterocycles. The van der Waals surface area contributed by atoms with E-state index in [2.05, 4.69) is 0 Å². The zero-order chi connectivity index (χ0) is 10.1. The molecule has 0 spiro atoms. The van der Waals surface area contributed by atoms with Crippen LogP contribution in [0.3, 0.4) is 0 Å². The van der Waals surface area contributed by atoms with Crippen LogP contribution in [0.5, 0.6) is 0 Å². The van der Waals surface area contributed by atoms with E-state index in [1.165, 1.54) is 0 Å². The van der Waals surface area contributed by atoms with Crippen molar-refractivity contribution in [2.45, 2.75) is 24.6 Å². The minimum Gasteiger partial charge on any atom is -0.396 e. The fourth-order valence-electron chi connectivity index (χ4n) is 1.08. The van der Waals surface area contributed by atoms with Gasteiger partial charge in [0.25, 0.3) is 0 Å². The first-order chi connectivity index (χ1) is 6.20. The van der Waals surface area contributed by atoms with Gasteiger partial charge in [-0.3, -0.25) is 0 Å². The van der Waals surface area contributed by atoms with Gasteiger partial charge in [0.2, 0.25) is 0 Å². The molecular formula is C9H17ClN2O. The molecule has 13 heavy (non-hydrogen) atoms. The Morgan fingerprint density at radius 2 is 2.15 bits per heavy atom. The lowest BCUT2D eigenvalue weighted by molar-refractivity contribution is 0.274. The molecule has 3 nitrogen and oxygen atoms in total. The predicted octanol–water partition coefficient (Wildman–Crippen LogP) is 1.21. The van der Waals surface area contributed by atoms with Crippen LogP contribution < -0.4 is 0 Å². The Balaban J connectivity index is 3.30. The second kappa shape index (κ2) is 8.31. The second-order valence-corrected chi connectivity index (χ2v) is 3.67. The van der Waals surface area contributed by atoms with Gasteiger partial charge in [-0.25, -0.2) is 0 Å². The van der Waals surface area contributed by atoms with Gasteiger partial charge in [0.1, 0.15) is 5.38 Å². The molecule has 0 fully saturated rings. The molecule has 0 amide bonds. The van der Waals surface area contributed by atoms with E-state index in [9.17, 15) is 0 Å². The zero-order valence-electron chi connectivity index (χ0n) is 8.04. The highest BCUT2D eigenvalue weighted by Crippen LogP contribution is 2.00. The summed E-state index contributed by atoms with van der Waals surface area (Å²) in [5.41, 5.74) is 0. The molecule has 0 saturated carbocycles. The van der Waals surface area contributed by atoms with Gasteiger partial charge in [-0.05, 0) is 32.9 Å². The van der Waals surface area contributed by atoms with Crippen molar-refractivity contribution in [3.8, 4) is 6.07 Å². The van der Waals surface area contributed by atoms with E-state index < -0.39 is 5.38 Å². The van der Waals surface area contributed by atoms with Gasteiger partial charge < -0.3 is 10.0 Å². The van der Waals surface area contributed by atoms with Crippen LogP contribution in [0, 0.1) is 11.3 Å². The number of hydrogen-bond acceptors (Lipinski definition) is 3. The SMILES string of the molecule is CN(CCCCCO)CC(Cl)C#N. The van der Waals surface area contributed by atoms with Gasteiger partial charge in [-0.15, -0.1) is 11.6 Å². The number of halogens is 1. The standard InChI is InChI=1S/C9H17ClN2O/c1-12(8-9(10)7-11)5-3-2-4-6-13/h9,13H,2-6,8H2,1H3. The maximum absolute atomic E-state index is 8.54. The third-order valence-electron chi connectivity index (χ3n) is 1.81. The van der Waals surface area contributed by atoms with E-state index in [1.807, 2.05) is 18.0 Å². The first kappa shape index (κ1) is 12.7. The second-order valence-electron chi connectivity index (χ2n) is 3.14.